The number of hydrogen-bond acceptors (Lipinski definition) is 4. The van der Waals surface area contributed by atoms with E-state index in [1.165, 1.54) is 0 Å². The first-order valence-corrected chi connectivity index (χ1v) is 10.3. The molecule has 4 heteroatoms. The first kappa shape index (κ1) is 18.2. The average molecular weight is 353 g/mol. The lowest BCUT2D eigenvalue weighted by Crippen LogP contribution is -2.69. The van der Waals surface area contributed by atoms with Gasteiger partial charge < -0.3 is 20.4 Å². The molecule has 0 unspecified atom stereocenters. The van der Waals surface area contributed by atoms with Gasteiger partial charge in [0, 0.05) is 11.8 Å². The Kier molecular flexibility index (Phi) is 3.96. The molecule has 0 spiro atoms. The fourth-order valence-electron chi connectivity index (χ4n) is 7.99. The quantitative estimate of drug-likeness (QED) is 0.584. The predicted octanol–water partition coefficient (Wildman–Crippen LogP) is 2.47. The number of hydrogen-bond donors (Lipinski definition) is 4. The van der Waals surface area contributed by atoms with Gasteiger partial charge in [-0.3, -0.25) is 0 Å². The fraction of sp³-hybridized carbons (Fsp3) is 1.00. The van der Waals surface area contributed by atoms with E-state index >= 15 is 0 Å². The molecule has 0 aromatic carbocycles. The topological polar surface area (TPSA) is 80.9 Å². The van der Waals surface area contributed by atoms with Crippen LogP contribution in [0.2, 0.25) is 0 Å². The minimum atomic E-state index is -0.963. The van der Waals surface area contributed by atoms with E-state index in [9.17, 15) is 20.4 Å². The van der Waals surface area contributed by atoms with Crippen molar-refractivity contribution < 1.29 is 20.4 Å². The summed E-state index contributed by atoms with van der Waals surface area (Å²) in [7, 11) is 0. The summed E-state index contributed by atoms with van der Waals surface area (Å²) in [6.07, 6.45) is 6.15. The van der Waals surface area contributed by atoms with E-state index in [2.05, 4.69) is 13.8 Å². The molecule has 0 radical (unpaired) electrons. The Balaban J connectivity index is 1.75. The molecule has 0 amide bonds. The van der Waals surface area contributed by atoms with Crippen molar-refractivity contribution in [2.75, 3.05) is 6.61 Å². The molecule has 144 valence electrons. The van der Waals surface area contributed by atoms with Gasteiger partial charge in [0.2, 0.25) is 0 Å². The molecule has 0 aromatic heterocycles. The zero-order valence-electron chi connectivity index (χ0n) is 16.0. The Morgan fingerprint density at radius 2 is 1.64 bits per heavy atom. The van der Waals surface area contributed by atoms with Crippen LogP contribution in [0.25, 0.3) is 0 Å². The molecule has 4 aliphatic rings. The van der Waals surface area contributed by atoms with Gasteiger partial charge in [-0.2, -0.15) is 0 Å². The maximum atomic E-state index is 11.7. The third kappa shape index (κ3) is 2.09. The zero-order chi connectivity index (χ0) is 18.3. The smallest absolute Gasteiger partial charge is 0.0778 e. The van der Waals surface area contributed by atoms with E-state index in [4.69, 9.17) is 0 Å². The molecule has 0 saturated heterocycles. The second kappa shape index (κ2) is 5.43. The van der Waals surface area contributed by atoms with Gasteiger partial charge >= 0.3 is 0 Å². The van der Waals surface area contributed by atoms with E-state index < -0.39 is 22.7 Å². The number of rotatable bonds is 1. The molecular weight excluding hydrogens is 316 g/mol. The summed E-state index contributed by atoms with van der Waals surface area (Å²) in [4.78, 5) is 0. The summed E-state index contributed by atoms with van der Waals surface area (Å²) >= 11 is 0. The monoisotopic (exact) mass is 352 g/mol. The zero-order valence-corrected chi connectivity index (χ0v) is 16.0. The summed E-state index contributed by atoms with van der Waals surface area (Å²) in [6, 6.07) is 0. The van der Waals surface area contributed by atoms with E-state index in [0.29, 0.717) is 37.0 Å². The molecule has 4 fully saturated rings. The lowest BCUT2D eigenvalue weighted by Gasteiger charge is -2.66. The molecule has 0 bridgehead atoms. The fourth-order valence-corrected chi connectivity index (χ4v) is 7.99. The highest BCUT2D eigenvalue weighted by Crippen LogP contribution is 2.69. The highest BCUT2D eigenvalue weighted by molar-refractivity contribution is 5.18. The number of aliphatic hydroxyl groups excluding tert-OH is 2. The SMILES string of the molecule is C[C@@H]1C[C@@H]2[C@H](CC[C@@]3(C)[C@H]2CC[C@]3(C)O)[C@@]2(CO)CC[C@H](O)C[C@]12O. The van der Waals surface area contributed by atoms with Gasteiger partial charge in [0.15, 0.2) is 0 Å². The lowest BCUT2D eigenvalue weighted by atomic mass is 9.40. The minimum absolute atomic E-state index is 0.0154. The first-order valence-electron chi connectivity index (χ1n) is 10.3. The summed E-state index contributed by atoms with van der Waals surface area (Å²) in [6.45, 7) is 6.40. The molecule has 0 aromatic rings. The van der Waals surface area contributed by atoms with Crippen LogP contribution in [-0.2, 0) is 0 Å². The van der Waals surface area contributed by atoms with Crippen LogP contribution in [0, 0.1) is 34.5 Å². The number of aliphatic hydroxyl groups is 4. The Bertz CT molecular complexity index is 548. The van der Waals surface area contributed by atoms with Gasteiger partial charge in [-0.15, -0.1) is 0 Å². The van der Waals surface area contributed by atoms with Crippen LogP contribution >= 0.6 is 0 Å². The Morgan fingerprint density at radius 1 is 0.960 bits per heavy atom. The summed E-state index contributed by atoms with van der Waals surface area (Å²) in [5, 5.41) is 43.4. The summed E-state index contributed by atoms with van der Waals surface area (Å²) < 4.78 is 0. The van der Waals surface area contributed by atoms with Crippen LogP contribution in [0.4, 0.5) is 0 Å². The molecule has 4 nitrogen and oxygen atoms in total. The summed E-state index contributed by atoms with van der Waals surface area (Å²) in [5.74, 6) is 1.32. The maximum absolute atomic E-state index is 11.7. The normalized spacial score (nSPS) is 61.3. The third-order valence-corrected chi connectivity index (χ3v) is 9.76. The van der Waals surface area contributed by atoms with Crippen LogP contribution < -0.4 is 0 Å². The Labute approximate surface area is 151 Å². The Hall–Kier alpha value is -0.160. The maximum Gasteiger partial charge on any atom is 0.0778 e. The van der Waals surface area contributed by atoms with Gasteiger partial charge in [-0.1, -0.05) is 13.8 Å². The van der Waals surface area contributed by atoms with Gasteiger partial charge in [0.25, 0.3) is 0 Å². The highest BCUT2D eigenvalue weighted by Gasteiger charge is 2.69. The van der Waals surface area contributed by atoms with Crippen LogP contribution in [0.15, 0.2) is 0 Å². The van der Waals surface area contributed by atoms with Crippen molar-refractivity contribution in [3.63, 3.8) is 0 Å². The first-order chi connectivity index (χ1) is 11.6. The standard InChI is InChI=1S/C21H36O4/c1-13-10-15-16-6-8-19(3,24)18(16,2)7-5-17(15)20(12-22)9-4-14(23)11-21(13,20)25/h13-17,22-25H,4-12H2,1-3H3/t13-,14+,15+,16+,17+,18+,19+,20+,21+/m1/s1. The van der Waals surface area contributed by atoms with E-state index in [-0.39, 0.29) is 17.9 Å². The minimum Gasteiger partial charge on any atom is -0.396 e. The molecule has 4 rings (SSSR count). The van der Waals surface area contributed by atoms with Crippen LogP contribution in [0.1, 0.15) is 72.1 Å². The lowest BCUT2D eigenvalue weighted by molar-refractivity contribution is -0.265. The van der Waals surface area contributed by atoms with Crippen molar-refractivity contribution >= 4 is 0 Å². The molecule has 9 atom stereocenters. The van der Waals surface area contributed by atoms with E-state index in [0.717, 1.165) is 32.1 Å². The number of fused-ring (bicyclic) bond motifs is 5. The average Bonchev–Trinajstić information content (AvgIpc) is 2.79. The van der Waals surface area contributed by atoms with Gasteiger partial charge in [0.05, 0.1) is 23.9 Å². The largest absolute Gasteiger partial charge is 0.396 e. The van der Waals surface area contributed by atoms with Crippen molar-refractivity contribution in [1.29, 1.82) is 0 Å². The van der Waals surface area contributed by atoms with Crippen molar-refractivity contribution in [2.24, 2.45) is 34.5 Å². The van der Waals surface area contributed by atoms with Gasteiger partial charge in [0.1, 0.15) is 0 Å². The van der Waals surface area contributed by atoms with Gasteiger partial charge in [-0.05, 0) is 81.0 Å². The molecular formula is C21H36O4. The summed E-state index contributed by atoms with van der Waals surface area (Å²) in [5.41, 5.74) is -2.09. The second-order valence-corrected chi connectivity index (χ2v) is 10.4. The third-order valence-electron chi connectivity index (χ3n) is 9.76. The van der Waals surface area contributed by atoms with Crippen molar-refractivity contribution in [3.05, 3.63) is 0 Å². The Morgan fingerprint density at radius 3 is 2.32 bits per heavy atom. The molecule has 4 saturated carbocycles. The molecule has 25 heavy (non-hydrogen) atoms. The van der Waals surface area contributed by atoms with E-state index in [1.54, 1.807) is 0 Å². The van der Waals surface area contributed by atoms with Crippen LogP contribution in [0.5, 0.6) is 0 Å². The van der Waals surface area contributed by atoms with Crippen molar-refractivity contribution in [3.8, 4) is 0 Å². The molecule has 0 aliphatic heterocycles. The molecule has 4 aliphatic carbocycles. The van der Waals surface area contributed by atoms with E-state index in [1.807, 2.05) is 6.92 Å². The molecule has 0 heterocycles. The highest BCUT2D eigenvalue weighted by atomic mass is 16.3. The van der Waals surface area contributed by atoms with Crippen LogP contribution in [0.3, 0.4) is 0 Å². The van der Waals surface area contributed by atoms with Crippen molar-refractivity contribution in [1.82, 2.24) is 0 Å². The van der Waals surface area contributed by atoms with Gasteiger partial charge in [-0.25, -0.2) is 0 Å². The van der Waals surface area contributed by atoms with Crippen LogP contribution in [-0.4, -0.2) is 44.3 Å². The second-order valence-electron chi connectivity index (χ2n) is 10.4. The van der Waals surface area contributed by atoms with Crippen molar-refractivity contribution in [2.45, 2.75) is 89.4 Å². The molecule has 4 N–H and O–H groups in total. The predicted molar refractivity (Wildman–Crippen MR) is 95.8 cm³/mol.